The molecular weight excluding hydrogens is 224 g/mol. The molecule has 0 bridgehead atoms. The molecule has 0 aliphatic carbocycles. The van der Waals surface area contributed by atoms with E-state index in [2.05, 4.69) is 0 Å². The lowest BCUT2D eigenvalue weighted by atomic mass is 9.96. The Morgan fingerprint density at radius 3 is 2.44 bits per heavy atom. The van der Waals surface area contributed by atoms with Gasteiger partial charge in [0.15, 0.2) is 0 Å². The van der Waals surface area contributed by atoms with Crippen molar-refractivity contribution < 1.29 is 9.84 Å². The highest BCUT2D eigenvalue weighted by molar-refractivity contribution is 6.31. The highest BCUT2D eigenvalue weighted by Gasteiger charge is 2.25. The quantitative estimate of drug-likeness (QED) is 0.857. The first-order valence-electron chi connectivity index (χ1n) is 5.62. The third-order valence-corrected chi connectivity index (χ3v) is 2.90. The zero-order valence-corrected chi connectivity index (χ0v) is 10.7. The summed E-state index contributed by atoms with van der Waals surface area (Å²) < 4.78 is 5.57. The van der Waals surface area contributed by atoms with Gasteiger partial charge in [0.2, 0.25) is 0 Å². The molecule has 2 nitrogen and oxygen atoms in total. The van der Waals surface area contributed by atoms with Crippen LogP contribution in [0.5, 0.6) is 0 Å². The summed E-state index contributed by atoms with van der Waals surface area (Å²) in [6.07, 6.45) is -0.890. The SMILES string of the molecule is CCOC(C(C)C)C(O)c1ccccc1Cl. The summed E-state index contributed by atoms with van der Waals surface area (Å²) in [5.41, 5.74) is 0.733. The minimum atomic E-state index is -0.673. The average molecular weight is 243 g/mol. The summed E-state index contributed by atoms with van der Waals surface area (Å²) in [4.78, 5) is 0. The number of aliphatic hydroxyl groups excluding tert-OH is 1. The summed E-state index contributed by atoms with van der Waals surface area (Å²) in [6.45, 7) is 6.57. The Balaban J connectivity index is 2.90. The highest BCUT2D eigenvalue weighted by atomic mass is 35.5. The van der Waals surface area contributed by atoms with E-state index in [9.17, 15) is 5.11 Å². The van der Waals surface area contributed by atoms with E-state index in [4.69, 9.17) is 16.3 Å². The highest BCUT2D eigenvalue weighted by Crippen LogP contribution is 2.29. The minimum Gasteiger partial charge on any atom is -0.386 e. The van der Waals surface area contributed by atoms with Gasteiger partial charge in [-0.1, -0.05) is 43.6 Å². The molecule has 3 heteroatoms. The van der Waals surface area contributed by atoms with Gasteiger partial charge >= 0.3 is 0 Å². The lowest BCUT2D eigenvalue weighted by molar-refractivity contribution is -0.0585. The molecule has 0 heterocycles. The third-order valence-electron chi connectivity index (χ3n) is 2.55. The molecule has 90 valence electrons. The van der Waals surface area contributed by atoms with Crippen LogP contribution in [-0.2, 0) is 4.74 Å². The predicted molar refractivity (Wildman–Crippen MR) is 66.7 cm³/mol. The first kappa shape index (κ1) is 13.5. The van der Waals surface area contributed by atoms with Gasteiger partial charge in [0.1, 0.15) is 6.10 Å². The second-order valence-corrected chi connectivity index (χ2v) is 4.54. The lowest BCUT2D eigenvalue weighted by Crippen LogP contribution is -2.28. The maximum atomic E-state index is 10.3. The topological polar surface area (TPSA) is 29.5 Å². The standard InChI is InChI=1S/C13H19ClO2/c1-4-16-13(9(2)3)12(15)10-7-5-6-8-11(10)14/h5-9,12-13,15H,4H2,1-3H3. The molecule has 1 rings (SSSR count). The van der Waals surface area contributed by atoms with Crippen LogP contribution in [0.3, 0.4) is 0 Å². The van der Waals surface area contributed by atoms with Crippen LogP contribution < -0.4 is 0 Å². The Labute approximate surface area is 102 Å². The molecule has 0 aromatic heterocycles. The van der Waals surface area contributed by atoms with Crippen LogP contribution in [0.1, 0.15) is 32.4 Å². The number of rotatable bonds is 5. The fourth-order valence-corrected chi connectivity index (χ4v) is 1.98. The van der Waals surface area contributed by atoms with Crippen molar-refractivity contribution in [3.05, 3.63) is 34.9 Å². The molecule has 0 fully saturated rings. The molecule has 0 amide bonds. The summed E-state index contributed by atoms with van der Waals surface area (Å²) >= 11 is 6.05. The number of hydrogen-bond acceptors (Lipinski definition) is 2. The van der Waals surface area contributed by atoms with Crippen LogP contribution in [0, 0.1) is 5.92 Å². The lowest BCUT2D eigenvalue weighted by Gasteiger charge is -2.27. The monoisotopic (exact) mass is 242 g/mol. The molecule has 0 aliphatic rings. The Bertz CT molecular complexity index is 325. The van der Waals surface area contributed by atoms with Crippen LogP contribution in [-0.4, -0.2) is 17.8 Å². The van der Waals surface area contributed by atoms with Gasteiger partial charge in [0.25, 0.3) is 0 Å². The molecule has 2 atom stereocenters. The van der Waals surface area contributed by atoms with E-state index in [1.54, 1.807) is 6.07 Å². The average Bonchev–Trinajstić information content (AvgIpc) is 2.25. The molecule has 0 radical (unpaired) electrons. The van der Waals surface area contributed by atoms with Gasteiger partial charge in [-0.15, -0.1) is 0 Å². The van der Waals surface area contributed by atoms with Gasteiger partial charge in [-0.05, 0) is 18.9 Å². The first-order valence-corrected chi connectivity index (χ1v) is 5.99. The molecule has 1 N–H and O–H groups in total. The molecule has 1 aromatic carbocycles. The first-order chi connectivity index (χ1) is 7.57. The molecular formula is C13H19ClO2. The van der Waals surface area contributed by atoms with Crippen molar-refractivity contribution in [2.45, 2.75) is 33.0 Å². The van der Waals surface area contributed by atoms with Crippen LogP contribution >= 0.6 is 11.6 Å². The predicted octanol–water partition coefficient (Wildman–Crippen LogP) is 3.43. The summed E-state index contributed by atoms with van der Waals surface area (Å²) in [6, 6.07) is 7.34. The van der Waals surface area contributed by atoms with Gasteiger partial charge in [-0.2, -0.15) is 0 Å². The normalized spacial score (nSPS) is 15.1. The number of halogens is 1. The Morgan fingerprint density at radius 2 is 1.94 bits per heavy atom. The molecule has 2 unspecified atom stereocenters. The van der Waals surface area contributed by atoms with Crippen molar-refractivity contribution in [1.82, 2.24) is 0 Å². The number of benzene rings is 1. The molecule has 0 aliphatic heterocycles. The van der Waals surface area contributed by atoms with Gasteiger partial charge in [-0.25, -0.2) is 0 Å². The van der Waals surface area contributed by atoms with E-state index in [0.717, 1.165) is 5.56 Å². The summed E-state index contributed by atoms with van der Waals surface area (Å²) in [5.74, 6) is 0.242. The smallest absolute Gasteiger partial charge is 0.107 e. The molecule has 0 spiro atoms. The van der Waals surface area contributed by atoms with Gasteiger partial charge in [0, 0.05) is 17.2 Å². The van der Waals surface area contributed by atoms with Crippen molar-refractivity contribution in [2.24, 2.45) is 5.92 Å². The van der Waals surface area contributed by atoms with Crippen LogP contribution in [0.2, 0.25) is 5.02 Å². The van der Waals surface area contributed by atoms with E-state index in [1.165, 1.54) is 0 Å². The zero-order valence-electron chi connectivity index (χ0n) is 9.98. The largest absolute Gasteiger partial charge is 0.386 e. The zero-order chi connectivity index (χ0) is 12.1. The van der Waals surface area contributed by atoms with Crippen LogP contribution in [0.25, 0.3) is 0 Å². The number of ether oxygens (including phenoxy) is 1. The molecule has 0 saturated carbocycles. The second kappa shape index (κ2) is 6.24. The van der Waals surface area contributed by atoms with Crippen molar-refractivity contribution in [3.8, 4) is 0 Å². The van der Waals surface area contributed by atoms with E-state index in [0.29, 0.717) is 11.6 Å². The molecule has 1 aromatic rings. The van der Waals surface area contributed by atoms with Crippen molar-refractivity contribution in [2.75, 3.05) is 6.61 Å². The molecule has 16 heavy (non-hydrogen) atoms. The van der Waals surface area contributed by atoms with Crippen molar-refractivity contribution in [1.29, 1.82) is 0 Å². The fourth-order valence-electron chi connectivity index (χ4n) is 1.73. The Hall–Kier alpha value is -0.570. The maximum Gasteiger partial charge on any atom is 0.107 e. The van der Waals surface area contributed by atoms with Crippen LogP contribution in [0.4, 0.5) is 0 Å². The van der Waals surface area contributed by atoms with E-state index >= 15 is 0 Å². The number of hydrogen-bond donors (Lipinski definition) is 1. The van der Waals surface area contributed by atoms with Gasteiger partial charge in [0.05, 0.1) is 6.10 Å². The van der Waals surface area contributed by atoms with Crippen molar-refractivity contribution in [3.63, 3.8) is 0 Å². The van der Waals surface area contributed by atoms with E-state index in [1.807, 2.05) is 39.0 Å². The Kier molecular flexibility index (Phi) is 5.26. The summed E-state index contributed by atoms with van der Waals surface area (Å²) in [5, 5.41) is 10.8. The van der Waals surface area contributed by atoms with E-state index < -0.39 is 6.10 Å². The summed E-state index contributed by atoms with van der Waals surface area (Å²) in [7, 11) is 0. The third kappa shape index (κ3) is 3.21. The minimum absolute atomic E-state index is 0.218. The second-order valence-electron chi connectivity index (χ2n) is 4.13. The van der Waals surface area contributed by atoms with Crippen molar-refractivity contribution >= 4 is 11.6 Å². The Morgan fingerprint density at radius 1 is 1.31 bits per heavy atom. The van der Waals surface area contributed by atoms with Crippen LogP contribution in [0.15, 0.2) is 24.3 Å². The molecule has 0 saturated heterocycles. The maximum absolute atomic E-state index is 10.3. The fraction of sp³-hybridized carbons (Fsp3) is 0.538. The van der Waals surface area contributed by atoms with E-state index in [-0.39, 0.29) is 12.0 Å². The number of aliphatic hydroxyl groups is 1. The van der Waals surface area contributed by atoms with Gasteiger partial charge < -0.3 is 9.84 Å². The van der Waals surface area contributed by atoms with Gasteiger partial charge in [-0.3, -0.25) is 0 Å².